The molecule has 3 nitrogen and oxygen atoms in total. The molecule has 0 rings (SSSR count). The summed E-state index contributed by atoms with van der Waals surface area (Å²) in [4.78, 5) is 0. The van der Waals surface area contributed by atoms with E-state index in [1.165, 1.54) is 0 Å². The van der Waals surface area contributed by atoms with Gasteiger partial charge >= 0.3 is 0 Å². The first kappa shape index (κ1) is 17.4. The Hall–Kier alpha value is -0.610. The van der Waals surface area contributed by atoms with Crippen LogP contribution in [0.1, 0.15) is 47.0 Å². The number of hydrogen-bond donors (Lipinski definition) is 2. The van der Waals surface area contributed by atoms with Crippen LogP contribution in [0.3, 0.4) is 0 Å². The van der Waals surface area contributed by atoms with Crippen molar-refractivity contribution < 1.29 is 9.13 Å². The highest BCUT2D eigenvalue weighted by molar-refractivity contribution is 4.78. The highest BCUT2D eigenvalue weighted by Crippen LogP contribution is 2.30. The first-order valence-electron chi connectivity index (χ1n) is 6.61. The molecule has 0 heterocycles. The molecule has 0 unspecified atom stereocenters. The monoisotopic (exact) mass is 260 g/mol. The molecule has 108 valence electrons. The van der Waals surface area contributed by atoms with Crippen LogP contribution in [0, 0.1) is 5.41 Å². The zero-order chi connectivity index (χ0) is 14.2. The zero-order valence-corrected chi connectivity index (χ0v) is 12.3. The van der Waals surface area contributed by atoms with Gasteiger partial charge in [-0.1, -0.05) is 13.8 Å². The molecular formula is C14H29FN2O. The lowest BCUT2D eigenvalue weighted by Gasteiger charge is -2.31. The molecule has 0 bridgehead atoms. The predicted octanol–water partition coefficient (Wildman–Crippen LogP) is 2.97. The molecule has 0 amide bonds. The lowest BCUT2D eigenvalue weighted by atomic mass is 9.81. The molecule has 0 saturated carbocycles. The average molecular weight is 260 g/mol. The minimum absolute atomic E-state index is 0.189. The predicted molar refractivity (Wildman–Crippen MR) is 75.0 cm³/mol. The minimum Gasteiger partial charge on any atom is -0.374 e. The van der Waals surface area contributed by atoms with Crippen molar-refractivity contribution in [2.75, 3.05) is 19.7 Å². The van der Waals surface area contributed by atoms with Gasteiger partial charge in [0.25, 0.3) is 0 Å². The summed E-state index contributed by atoms with van der Waals surface area (Å²) in [6, 6.07) is 0. The second-order valence-electron chi connectivity index (χ2n) is 6.14. The largest absolute Gasteiger partial charge is 0.374 e. The Morgan fingerprint density at radius 2 is 1.83 bits per heavy atom. The van der Waals surface area contributed by atoms with E-state index < -0.39 is 5.95 Å². The number of halogens is 1. The van der Waals surface area contributed by atoms with Crippen LogP contribution in [0.25, 0.3) is 0 Å². The fraction of sp³-hybridized carbons (Fsp3) is 0.857. The van der Waals surface area contributed by atoms with Gasteiger partial charge in [0.2, 0.25) is 0 Å². The van der Waals surface area contributed by atoms with Crippen molar-refractivity contribution in [3.8, 4) is 0 Å². The molecule has 0 aliphatic rings. The van der Waals surface area contributed by atoms with E-state index in [0.29, 0.717) is 13.2 Å². The quantitative estimate of drug-likeness (QED) is 0.469. The van der Waals surface area contributed by atoms with Crippen LogP contribution in [0.5, 0.6) is 0 Å². The van der Waals surface area contributed by atoms with Crippen molar-refractivity contribution in [1.82, 2.24) is 5.32 Å². The van der Waals surface area contributed by atoms with Gasteiger partial charge in [-0.3, -0.25) is 0 Å². The summed E-state index contributed by atoms with van der Waals surface area (Å²) < 4.78 is 18.1. The van der Waals surface area contributed by atoms with Crippen LogP contribution in [-0.4, -0.2) is 25.3 Å². The summed E-state index contributed by atoms with van der Waals surface area (Å²) in [6.07, 6.45) is 3.06. The maximum atomic E-state index is 12.3. The summed E-state index contributed by atoms with van der Waals surface area (Å²) >= 11 is 0. The van der Waals surface area contributed by atoms with Crippen LogP contribution >= 0.6 is 0 Å². The first-order valence-corrected chi connectivity index (χ1v) is 6.61. The number of rotatable bonds is 10. The van der Waals surface area contributed by atoms with E-state index in [-0.39, 0.29) is 11.0 Å². The van der Waals surface area contributed by atoms with Gasteiger partial charge in [-0.15, -0.1) is 0 Å². The highest BCUT2D eigenvalue weighted by atomic mass is 19.1. The van der Waals surface area contributed by atoms with E-state index in [0.717, 1.165) is 25.8 Å². The van der Waals surface area contributed by atoms with Gasteiger partial charge < -0.3 is 15.8 Å². The third kappa shape index (κ3) is 9.42. The molecule has 3 N–H and O–H groups in total. The molecule has 4 heteroatoms. The standard InChI is InChI=1S/C14H29FN2O/c1-12(15)17-10-11-18-14(4,5)7-6-13(2,3)8-9-16/h17H,1,6-11,16H2,2-5H3. The molecule has 18 heavy (non-hydrogen) atoms. The van der Waals surface area contributed by atoms with Crippen molar-refractivity contribution in [1.29, 1.82) is 0 Å². The first-order chi connectivity index (χ1) is 8.18. The van der Waals surface area contributed by atoms with Crippen LogP contribution in [0.15, 0.2) is 12.5 Å². The second-order valence-corrected chi connectivity index (χ2v) is 6.14. The molecule has 0 aliphatic carbocycles. The Morgan fingerprint density at radius 3 is 2.33 bits per heavy atom. The Bertz CT molecular complexity index is 252. The Morgan fingerprint density at radius 1 is 1.22 bits per heavy atom. The SMILES string of the molecule is C=C(F)NCCOC(C)(C)CCC(C)(C)CCN. The molecular weight excluding hydrogens is 231 g/mol. The molecule has 0 saturated heterocycles. The van der Waals surface area contributed by atoms with E-state index >= 15 is 0 Å². The fourth-order valence-electron chi connectivity index (χ4n) is 1.74. The molecule has 0 aromatic carbocycles. The number of nitrogens with two attached hydrogens (primary N) is 1. The topological polar surface area (TPSA) is 47.3 Å². The van der Waals surface area contributed by atoms with Gasteiger partial charge in [0.05, 0.1) is 12.2 Å². The maximum absolute atomic E-state index is 12.3. The van der Waals surface area contributed by atoms with Gasteiger partial charge in [0, 0.05) is 6.54 Å². The lowest BCUT2D eigenvalue weighted by Crippen LogP contribution is -2.30. The summed E-state index contributed by atoms with van der Waals surface area (Å²) in [5.74, 6) is -0.513. The normalized spacial score (nSPS) is 12.6. The van der Waals surface area contributed by atoms with Crippen molar-refractivity contribution in [2.24, 2.45) is 11.1 Å². The van der Waals surface area contributed by atoms with Crippen molar-refractivity contribution in [3.63, 3.8) is 0 Å². The van der Waals surface area contributed by atoms with Crippen molar-refractivity contribution >= 4 is 0 Å². The molecule has 0 aromatic rings. The maximum Gasteiger partial charge on any atom is 0.179 e. The molecule has 0 spiro atoms. The Labute approximate surface area is 111 Å². The summed E-state index contributed by atoms with van der Waals surface area (Å²) in [7, 11) is 0. The van der Waals surface area contributed by atoms with Crippen molar-refractivity contribution in [3.05, 3.63) is 12.5 Å². The van der Waals surface area contributed by atoms with Crippen LogP contribution in [-0.2, 0) is 4.74 Å². The van der Waals surface area contributed by atoms with E-state index in [1.54, 1.807) is 0 Å². The summed E-state index contributed by atoms with van der Waals surface area (Å²) in [5, 5.41) is 2.51. The van der Waals surface area contributed by atoms with Gasteiger partial charge in [-0.2, -0.15) is 4.39 Å². The van der Waals surface area contributed by atoms with Gasteiger partial charge in [0.1, 0.15) is 0 Å². The molecule has 0 aromatic heterocycles. The van der Waals surface area contributed by atoms with E-state index in [9.17, 15) is 4.39 Å². The summed E-state index contributed by atoms with van der Waals surface area (Å²) in [5.41, 5.74) is 5.66. The van der Waals surface area contributed by atoms with Crippen LogP contribution in [0.2, 0.25) is 0 Å². The van der Waals surface area contributed by atoms with E-state index in [1.807, 2.05) is 0 Å². The summed E-state index contributed by atoms with van der Waals surface area (Å²) in [6.45, 7) is 13.4. The third-order valence-electron chi connectivity index (χ3n) is 3.14. The second kappa shape index (κ2) is 7.74. The average Bonchev–Trinajstić information content (AvgIpc) is 2.22. The third-order valence-corrected chi connectivity index (χ3v) is 3.14. The Kier molecular flexibility index (Phi) is 7.48. The van der Waals surface area contributed by atoms with E-state index in [2.05, 4.69) is 39.6 Å². The number of hydrogen-bond acceptors (Lipinski definition) is 3. The van der Waals surface area contributed by atoms with E-state index in [4.69, 9.17) is 10.5 Å². The van der Waals surface area contributed by atoms with Crippen LogP contribution in [0.4, 0.5) is 4.39 Å². The molecule has 0 aliphatic heterocycles. The lowest BCUT2D eigenvalue weighted by molar-refractivity contribution is -0.0287. The Balaban J connectivity index is 3.89. The highest BCUT2D eigenvalue weighted by Gasteiger charge is 2.24. The zero-order valence-electron chi connectivity index (χ0n) is 12.3. The minimum atomic E-state index is -0.513. The molecule has 0 fully saturated rings. The number of nitrogens with one attached hydrogen (secondary N) is 1. The van der Waals surface area contributed by atoms with Gasteiger partial charge in [-0.05, 0) is 51.6 Å². The smallest absolute Gasteiger partial charge is 0.179 e. The molecule has 0 atom stereocenters. The number of ether oxygens (including phenoxy) is 1. The van der Waals surface area contributed by atoms with Crippen molar-refractivity contribution in [2.45, 2.75) is 52.6 Å². The fourth-order valence-corrected chi connectivity index (χ4v) is 1.74. The van der Waals surface area contributed by atoms with Gasteiger partial charge in [-0.25, -0.2) is 0 Å². The van der Waals surface area contributed by atoms with Crippen LogP contribution < -0.4 is 11.1 Å². The van der Waals surface area contributed by atoms with Gasteiger partial charge in [0.15, 0.2) is 5.95 Å². The molecule has 0 radical (unpaired) electrons.